The first-order valence-electron chi connectivity index (χ1n) is 8.01. The van der Waals surface area contributed by atoms with Gasteiger partial charge in [0.1, 0.15) is 11.3 Å². The molecule has 0 saturated carbocycles. The molecule has 0 saturated heterocycles. The van der Waals surface area contributed by atoms with Crippen molar-refractivity contribution in [2.45, 2.75) is 12.5 Å². The molecule has 6 heteroatoms. The summed E-state index contributed by atoms with van der Waals surface area (Å²) in [6, 6.07) is 14.7. The fourth-order valence-corrected chi connectivity index (χ4v) is 2.88. The lowest BCUT2D eigenvalue weighted by molar-refractivity contribution is 0.0523. The van der Waals surface area contributed by atoms with E-state index in [2.05, 4.69) is 10.3 Å². The van der Waals surface area contributed by atoms with Crippen LogP contribution in [0.3, 0.4) is 0 Å². The standard InChI is InChI=1S/C19H18N2O4/c1-19(23,13-6-7-16-17(9-13)25-11-24-16)10-20-18(22)15-8-12-4-2-3-5-14(12)21-15/h2-9,21,23H,10-11H2,1H3,(H,20,22). The lowest BCUT2D eigenvalue weighted by Gasteiger charge is -2.24. The summed E-state index contributed by atoms with van der Waals surface area (Å²) in [7, 11) is 0. The molecule has 2 heterocycles. The first kappa shape index (κ1) is 15.5. The zero-order valence-corrected chi connectivity index (χ0v) is 13.7. The highest BCUT2D eigenvalue weighted by Gasteiger charge is 2.27. The second-order valence-corrected chi connectivity index (χ2v) is 6.29. The number of nitrogens with one attached hydrogen (secondary N) is 2. The number of hydrogen-bond donors (Lipinski definition) is 3. The summed E-state index contributed by atoms with van der Waals surface area (Å²) < 4.78 is 10.6. The number of aromatic nitrogens is 1. The van der Waals surface area contributed by atoms with Gasteiger partial charge in [-0.15, -0.1) is 0 Å². The van der Waals surface area contributed by atoms with Crippen LogP contribution >= 0.6 is 0 Å². The average Bonchev–Trinajstić information content (AvgIpc) is 3.25. The Bertz CT molecular complexity index is 913. The lowest BCUT2D eigenvalue weighted by atomic mass is 9.95. The Morgan fingerprint density at radius 1 is 1.20 bits per heavy atom. The van der Waals surface area contributed by atoms with Crippen LogP contribution in [0.15, 0.2) is 48.5 Å². The number of rotatable bonds is 4. The van der Waals surface area contributed by atoms with E-state index >= 15 is 0 Å². The summed E-state index contributed by atoms with van der Waals surface area (Å²) >= 11 is 0. The summed E-state index contributed by atoms with van der Waals surface area (Å²) in [5.74, 6) is 0.985. The van der Waals surface area contributed by atoms with Gasteiger partial charge in [0, 0.05) is 10.9 Å². The van der Waals surface area contributed by atoms with Crippen LogP contribution in [0.1, 0.15) is 23.0 Å². The maximum absolute atomic E-state index is 12.4. The smallest absolute Gasteiger partial charge is 0.267 e. The molecule has 3 N–H and O–H groups in total. The molecule has 0 bridgehead atoms. The highest BCUT2D eigenvalue weighted by Crippen LogP contribution is 2.35. The van der Waals surface area contributed by atoms with Crippen LogP contribution in [0.2, 0.25) is 0 Å². The topological polar surface area (TPSA) is 83.6 Å². The molecule has 128 valence electrons. The van der Waals surface area contributed by atoms with E-state index in [1.54, 1.807) is 31.2 Å². The second kappa shape index (κ2) is 5.82. The normalized spacial score (nSPS) is 15.1. The third-order valence-electron chi connectivity index (χ3n) is 4.36. The maximum Gasteiger partial charge on any atom is 0.267 e. The molecule has 25 heavy (non-hydrogen) atoms. The summed E-state index contributed by atoms with van der Waals surface area (Å²) in [6.45, 7) is 1.90. The largest absolute Gasteiger partial charge is 0.454 e. The number of carbonyl (C=O) groups excluding carboxylic acids is 1. The number of H-pyrrole nitrogens is 1. The van der Waals surface area contributed by atoms with Crippen LogP contribution in [-0.4, -0.2) is 29.3 Å². The molecule has 4 rings (SSSR count). The molecule has 1 aliphatic rings. The minimum absolute atomic E-state index is 0.0703. The quantitative estimate of drug-likeness (QED) is 0.683. The Kier molecular flexibility index (Phi) is 3.62. The van der Waals surface area contributed by atoms with Crippen molar-refractivity contribution in [3.8, 4) is 11.5 Å². The van der Waals surface area contributed by atoms with Crippen molar-refractivity contribution in [1.29, 1.82) is 0 Å². The van der Waals surface area contributed by atoms with Crippen molar-refractivity contribution in [2.24, 2.45) is 0 Å². The van der Waals surface area contributed by atoms with E-state index in [-0.39, 0.29) is 19.2 Å². The number of para-hydroxylation sites is 1. The van der Waals surface area contributed by atoms with Gasteiger partial charge < -0.3 is 24.9 Å². The summed E-state index contributed by atoms with van der Waals surface area (Å²) in [6.07, 6.45) is 0. The summed E-state index contributed by atoms with van der Waals surface area (Å²) in [5.41, 5.74) is 0.773. The molecular formula is C19H18N2O4. The number of aliphatic hydroxyl groups is 1. The first-order valence-corrected chi connectivity index (χ1v) is 8.01. The molecule has 0 aliphatic carbocycles. The van der Waals surface area contributed by atoms with Gasteiger partial charge in [0.15, 0.2) is 11.5 Å². The number of hydrogen-bond acceptors (Lipinski definition) is 4. The Hall–Kier alpha value is -2.99. The van der Waals surface area contributed by atoms with Crippen molar-refractivity contribution in [1.82, 2.24) is 10.3 Å². The van der Waals surface area contributed by atoms with Gasteiger partial charge in [-0.05, 0) is 36.8 Å². The molecule has 1 aliphatic heterocycles. The molecule has 1 aromatic heterocycles. The highest BCUT2D eigenvalue weighted by molar-refractivity contribution is 5.98. The third-order valence-corrected chi connectivity index (χ3v) is 4.36. The van der Waals surface area contributed by atoms with E-state index in [1.807, 2.05) is 24.3 Å². The van der Waals surface area contributed by atoms with Crippen molar-refractivity contribution < 1.29 is 19.4 Å². The van der Waals surface area contributed by atoms with Crippen LogP contribution in [0, 0.1) is 0 Å². The van der Waals surface area contributed by atoms with E-state index in [4.69, 9.17) is 9.47 Å². The van der Waals surface area contributed by atoms with Gasteiger partial charge in [0.25, 0.3) is 5.91 Å². The van der Waals surface area contributed by atoms with Gasteiger partial charge in [-0.2, -0.15) is 0 Å². The van der Waals surface area contributed by atoms with Gasteiger partial charge in [0.05, 0.1) is 6.54 Å². The van der Waals surface area contributed by atoms with Crippen molar-refractivity contribution >= 4 is 16.8 Å². The fourth-order valence-electron chi connectivity index (χ4n) is 2.88. The van der Waals surface area contributed by atoms with Gasteiger partial charge in [-0.25, -0.2) is 0 Å². The lowest BCUT2D eigenvalue weighted by Crippen LogP contribution is -2.38. The average molecular weight is 338 g/mol. The molecule has 1 amide bonds. The Morgan fingerprint density at radius 2 is 2.00 bits per heavy atom. The van der Waals surface area contributed by atoms with E-state index in [1.165, 1.54) is 0 Å². The first-order chi connectivity index (χ1) is 12.0. The Morgan fingerprint density at radius 3 is 2.84 bits per heavy atom. The van der Waals surface area contributed by atoms with Crippen LogP contribution in [-0.2, 0) is 5.60 Å². The number of benzene rings is 2. The molecule has 6 nitrogen and oxygen atoms in total. The third kappa shape index (κ3) is 2.92. The Labute approximate surface area is 144 Å². The molecule has 1 unspecified atom stereocenters. The van der Waals surface area contributed by atoms with Crippen molar-refractivity contribution in [2.75, 3.05) is 13.3 Å². The van der Waals surface area contributed by atoms with Gasteiger partial charge in [0.2, 0.25) is 6.79 Å². The van der Waals surface area contributed by atoms with E-state index in [0.29, 0.717) is 22.8 Å². The summed E-state index contributed by atoms with van der Waals surface area (Å²) in [5, 5.41) is 14.5. The number of aromatic amines is 1. The molecule has 0 radical (unpaired) electrons. The number of ether oxygens (including phenoxy) is 2. The maximum atomic E-state index is 12.4. The molecule has 3 aromatic rings. The minimum atomic E-state index is -1.23. The van der Waals surface area contributed by atoms with Crippen LogP contribution < -0.4 is 14.8 Å². The molecule has 2 aromatic carbocycles. The second-order valence-electron chi connectivity index (χ2n) is 6.29. The Balaban J connectivity index is 1.48. The van der Waals surface area contributed by atoms with Gasteiger partial charge in [-0.3, -0.25) is 4.79 Å². The van der Waals surface area contributed by atoms with E-state index < -0.39 is 5.60 Å². The van der Waals surface area contributed by atoms with Crippen molar-refractivity contribution in [3.63, 3.8) is 0 Å². The van der Waals surface area contributed by atoms with Gasteiger partial charge in [-0.1, -0.05) is 24.3 Å². The fraction of sp³-hybridized carbons (Fsp3) is 0.211. The van der Waals surface area contributed by atoms with Crippen molar-refractivity contribution in [3.05, 3.63) is 59.8 Å². The van der Waals surface area contributed by atoms with E-state index in [9.17, 15) is 9.90 Å². The molecule has 0 spiro atoms. The molecule has 1 atom stereocenters. The number of carbonyl (C=O) groups is 1. The number of fused-ring (bicyclic) bond motifs is 2. The zero-order chi connectivity index (χ0) is 17.4. The zero-order valence-electron chi connectivity index (χ0n) is 13.7. The predicted molar refractivity (Wildman–Crippen MR) is 92.8 cm³/mol. The predicted octanol–water partition coefficient (Wildman–Crippen LogP) is 2.53. The van der Waals surface area contributed by atoms with Crippen LogP contribution in [0.5, 0.6) is 11.5 Å². The SMILES string of the molecule is CC(O)(CNC(=O)c1cc2ccccc2[nH]1)c1ccc2c(c1)OCO2. The highest BCUT2D eigenvalue weighted by atomic mass is 16.7. The summed E-state index contributed by atoms with van der Waals surface area (Å²) in [4.78, 5) is 15.5. The van der Waals surface area contributed by atoms with E-state index in [0.717, 1.165) is 10.9 Å². The molecule has 0 fully saturated rings. The van der Waals surface area contributed by atoms with Crippen LogP contribution in [0.4, 0.5) is 0 Å². The monoisotopic (exact) mass is 338 g/mol. The van der Waals surface area contributed by atoms with Gasteiger partial charge >= 0.3 is 0 Å². The molecular weight excluding hydrogens is 320 g/mol. The minimum Gasteiger partial charge on any atom is -0.454 e. The van der Waals surface area contributed by atoms with Crippen LogP contribution in [0.25, 0.3) is 10.9 Å². The number of amides is 1.